The second kappa shape index (κ2) is 7.87. The van der Waals surface area contributed by atoms with Crippen LogP contribution in [0.15, 0.2) is 29.2 Å². The first-order chi connectivity index (χ1) is 14.9. The van der Waals surface area contributed by atoms with Crippen molar-refractivity contribution in [1.82, 2.24) is 14.5 Å². The van der Waals surface area contributed by atoms with Gasteiger partial charge in [0.15, 0.2) is 5.82 Å². The van der Waals surface area contributed by atoms with Gasteiger partial charge in [-0.15, -0.1) is 5.10 Å². The zero-order valence-corrected chi connectivity index (χ0v) is 17.4. The normalized spacial score (nSPS) is 18.1. The maximum atomic E-state index is 13.1. The van der Waals surface area contributed by atoms with Gasteiger partial charge < -0.3 is 4.90 Å². The Hall–Kier alpha value is -2.41. The third-order valence-corrected chi connectivity index (χ3v) is 7.44. The number of hydrogen-bond acceptors (Lipinski definition) is 5. The number of aryl methyl sites for hydroxylation is 2. The summed E-state index contributed by atoms with van der Waals surface area (Å²) in [5.41, 5.74) is -1.33. The van der Waals surface area contributed by atoms with Crippen molar-refractivity contribution >= 4 is 15.8 Å². The van der Waals surface area contributed by atoms with Gasteiger partial charge in [-0.25, -0.2) is 8.42 Å². The molecular weight excluding hydrogens is 462 g/mol. The van der Waals surface area contributed by atoms with E-state index in [0.717, 1.165) is 34.8 Å². The van der Waals surface area contributed by atoms with Gasteiger partial charge >= 0.3 is 12.4 Å². The monoisotopic (exact) mass is 480 g/mol. The molecule has 2 heterocycles. The van der Waals surface area contributed by atoms with Crippen molar-refractivity contribution in [1.29, 1.82) is 0 Å². The molecule has 6 nitrogen and oxygen atoms in total. The Bertz CT molecular complexity index is 1090. The molecule has 0 saturated carbocycles. The molecule has 1 aliphatic heterocycles. The van der Waals surface area contributed by atoms with Crippen molar-refractivity contribution in [3.05, 3.63) is 46.6 Å². The Morgan fingerprint density at radius 1 is 0.781 bits per heavy atom. The van der Waals surface area contributed by atoms with E-state index in [0.29, 0.717) is 5.82 Å². The largest absolute Gasteiger partial charge is 0.416 e. The first-order valence-corrected chi connectivity index (χ1v) is 11.2. The van der Waals surface area contributed by atoms with E-state index in [-0.39, 0.29) is 44.4 Å². The highest BCUT2D eigenvalue weighted by molar-refractivity contribution is 7.89. The van der Waals surface area contributed by atoms with Crippen LogP contribution in [0.5, 0.6) is 0 Å². The van der Waals surface area contributed by atoms with Crippen molar-refractivity contribution in [2.45, 2.75) is 36.5 Å². The summed E-state index contributed by atoms with van der Waals surface area (Å²) >= 11 is 0. The van der Waals surface area contributed by atoms with Gasteiger partial charge in [-0.05, 0) is 49.1 Å². The van der Waals surface area contributed by atoms with Gasteiger partial charge in [0.2, 0.25) is 10.0 Å². The smallest absolute Gasteiger partial charge is 0.352 e. The van der Waals surface area contributed by atoms with Crippen LogP contribution in [0.2, 0.25) is 0 Å². The second-order valence-corrected chi connectivity index (χ2v) is 9.60. The van der Waals surface area contributed by atoms with E-state index >= 15 is 0 Å². The fraction of sp³-hybridized carbons (Fsp3) is 0.474. The average Bonchev–Trinajstić information content (AvgIpc) is 3.20. The predicted molar refractivity (Wildman–Crippen MR) is 101 cm³/mol. The van der Waals surface area contributed by atoms with Crippen molar-refractivity contribution in [3.8, 4) is 0 Å². The summed E-state index contributed by atoms with van der Waals surface area (Å²) in [6, 6.07) is 2.28. The van der Waals surface area contributed by atoms with Crippen molar-refractivity contribution in [2.75, 3.05) is 31.1 Å². The van der Waals surface area contributed by atoms with E-state index in [1.54, 1.807) is 4.90 Å². The number of benzene rings is 1. The molecule has 0 bridgehead atoms. The van der Waals surface area contributed by atoms with E-state index in [1.807, 2.05) is 6.07 Å². The highest BCUT2D eigenvalue weighted by atomic mass is 32.2. The number of sulfonamides is 1. The third-order valence-electron chi connectivity index (χ3n) is 5.57. The fourth-order valence-electron chi connectivity index (χ4n) is 3.85. The number of nitrogens with zero attached hydrogens (tertiary/aromatic N) is 4. The van der Waals surface area contributed by atoms with Gasteiger partial charge in [0.25, 0.3) is 0 Å². The molecule has 2 aromatic rings. The molecule has 0 amide bonds. The summed E-state index contributed by atoms with van der Waals surface area (Å²) in [4.78, 5) is 0.760. The molecule has 13 heteroatoms. The Kier molecular flexibility index (Phi) is 5.60. The highest BCUT2D eigenvalue weighted by Crippen LogP contribution is 2.38. The molecule has 4 rings (SSSR count). The number of anilines is 1. The Morgan fingerprint density at radius 2 is 1.38 bits per heavy atom. The fourth-order valence-corrected chi connectivity index (χ4v) is 5.35. The van der Waals surface area contributed by atoms with Crippen LogP contribution in [-0.4, -0.2) is 49.1 Å². The van der Waals surface area contributed by atoms with Crippen LogP contribution in [0.1, 0.15) is 28.8 Å². The number of piperazine rings is 1. The number of hydrogen-bond donors (Lipinski definition) is 0. The van der Waals surface area contributed by atoms with Gasteiger partial charge in [0.05, 0.1) is 21.7 Å². The number of fused-ring (bicyclic) bond motifs is 1. The van der Waals surface area contributed by atoms with Crippen LogP contribution in [0.3, 0.4) is 0 Å². The topological polar surface area (TPSA) is 66.4 Å². The summed E-state index contributed by atoms with van der Waals surface area (Å²) in [7, 11) is -4.57. The quantitative estimate of drug-likeness (QED) is 0.630. The summed E-state index contributed by atoms with van der Waals surface area (Å²) < 4.78 is 105. The van der Waals surface area contributed by atoms with Crippen molar-refractivity contribution < 1.29 is 34.8 Å². The SMILES string of the molecule is O=S(=O)(c1cc(C(F)(F)F)cc(C(F)(F)F)c1)N1CCN(c2cc3c(nn2)CCC3)CC1. The minimum atomic E-state index is -5.13. The molecule has 2 aliphatic rings. The summed E-state index contributed by atoms with van der Waals surface area (Å²) in [5.74, 6) is 0.570. The van der Waals surface area contributed by atoms with Gasteiger partial charge in [-0.3, -0.25) is 0 Å². The summed E-state index contributed by atoms with van der Waals surface area (Å²) in [6.07, 6.45) is -7.54. The molecule has 174 valence electrons. The lowest BCUT2D eigenvalue weighted by Crippen LogP contribution is -2.49. The molecule has 1 fully saturated rings. The zero-order chi connectivity index (χ0) is 23.3. The van der Waals surface area contributed by atoms with E-state index < -0.39 is 38.4 Å². The molecule has 0 N–H and O–H groups in total. The lowest BCUT2D eigenvalue weighted by atomic mass is 10.1. The first-order valence-electron chi connectivity index (χ1n) is 9.76. The van der Waals surface area contributed by atoms with Gasteiger partial charge in [0.1, 0.15) is 0 Å². The van der Waals surface area contributed by atoms with Gasteiger partial charge in [-0.2, -0.15) is 35.7 Å². The molecule has 1 aromatic heterocycles. The summed E-state index contributed by atoms with van der Waals surface area (Å²) in [5, 5.41) is 8.33. The van der Waals surface area contributed by atoms with E-state index in [9.17, 15) is 34.8 Å². The maximum Gasteiger partial charge on any atom is 0.416 e. The molecule has 32 heavy (non-hydrogen) atoms. The number of halogens is 6. The Morgan fingerprint density at radius 3 is 1.94 bits per heavy atom. The summed E-state index contributed by atoms with van der Waals surface area (Å²) in [6.45, 7) is 0.132. The molecule has 0 radical (unpaired) electrons. The van der Waals surface area contributed by atoms with Crippen molar-refractivity contribution in [2.24, 2.45) is 0 Å². The standard InChI is InChI=1S/C19H18F6N4O2S/c20-18(21,22)13-9-14(19(23,24)25)11-15(10-13)32(30,31)29-6-4-28(5-7-29)17-8-12-2-1-3-16(12)26-27-17/h8-11H,1-7H2. The van der Waals surface area contributed by atoms with Gasteiger partial charge in [-0.1, -0.05) is 0 Å². The number of rotatable bonds is 3. The molecule has 1 saturated heterocycles. The van der Waals surface area contributed by atoms with E-state index in [4.69, 9.17) is 0 Å². The van der Waals surface area contributed by atoms with Crippen LogP contribution < -0.4 is 4.90 Å². The molecular formula is C19H18F6N4O2S. The highest BCUT2D eigenvalue weighted by Gasteiger charge is 2.39. The minimum Gasteiger partial charge on any atom is -0.352 e. The van der Waals surface area contributed by atoms with Crippen LogP contribution in [0.25, 0.3) is 0 Å². The molecule has 1 aromatic carbocycles. The Labute approximate surface area is 179 Å². The third kappa shape index (κ3) is 4.40. The molecule has 1 aliphatic carbocycles. The minimum absolute atomic E-state index is 0.0938. The molecule has 0 unspecified atom stereocenters. The molecule has 0 atom stereocenters. The Balaban J connectivity index is 1.57. The van der Waals surface area contributed by atoms with E-state index in [2.05, 4.69) is 10.2 Å². The first kappa shape index (κ1) is 22.8. The van der Waals surface area contributed by atoms with Crippen LogP contribution >= 0.6 is 0 Å². The lowest BCUT2D eigenvalue weighted by molar-refractivity contribution is -0.143. The van der Waals surface area contributed by atoms with Crippen LogP contribution in [0.4, 0.5) is 32.2 Å². The van der Waals surface area contributed by atoms with Gasteiger partial charge in [0, 0.05) is 26.2 Å². The van der Waals surface area contributed by atoms with Crippen molar-refractivity contribution in [3.63, 3.8) is 0 Å². The number of alkyl halides is 6. The van der Waals surface area contributed by atoms with Crippen LogP contribution in [0, 0.1) is 0 Å². The average molecular weight is 480 g/mol. The predicted octanol–water partition coefficient (Wildman–Crippen LogP) is 3.51. The number of aromatic nitrogens is 2. The van der Waals surface area contributed by atoms with E-state index in [1.165, 1.54) is 0 Å². The zero-order valence-electron chi connectivity index (χ0n) is 16.5. The van der Waals surface area contributed by atoms with Crippen LogP contribution in [-0.2, 0) is 35.2 Å². The lowest BCUT2D eigenvalue weighted by Gasteiger charge is -2.34. The maximum absolute atomic E-state index is 13.1. The molecule has 0 spiro atoms. The second-order valence-electron chi connectivity index (χ2n) is 7.66.